The van der Waals surface area contributed by atoms with Gasteiger partial charge in [0, 0.05) is 6.54 Å². The fraction of sp³-hybridized carbons (Fsp3) is 0.333. The molecule has 2 aromatic rings. The fourth-order valence-corrected chi connectivity index (χ4v) is 2.27. The molecule has 1 atom stereocenters. The van der Waals surface area contributed by atoms with E-state index in [1.807, 2.05) is 31.2 Å². The molecule has 6 heteroatoms. The van der Waals surface area contributed by atoms with Gasteiger partial charge in [-0.05, 0) is 55.3 Å². The average Bonchev–Trinajstić information content (AvgIpc) is 2.71. The lowest BCUT2D eigenvalue weighted by molar-refractivity contribution is -0.129. The molecular formula is C21H25NO5. The van der Waals surface area contributed by atoms with Gasteiger partial charge in [0.2, 0.25) is 0 Å². The summed E-state index contributed by atoms with van der Waals surface area (Å²) in [5.41, 5.74) is 1.29. The number of carbonyl (C=O) groups excluding carboxylic acids is 2. The third-order valence-corrected chi connectivity index (χ3v) is 3.84. The van der Waals surface area contributed by atoms with Crippen LogP contribution in [0.4, 0.5) is 0 Å². The summed E-state index contributed by atoms with van der Waals surface area (Å²) in [5, 5.41) is 2.75. The molecule has 2 aromatic carbocycles. The largest absolute Gasteiger partial charge is 0.497 e. The Morgan fingerprint density at radius 2 is 1.63 bits per heavy atom. The van der Waals surface area contributed by atoms with Gasteiger partial charge in [-0.1, -0.05) is 19.1 Å². The molecule has 27 heavy (non-hydrogen) atoms. The summed E-state index contributed by atoms with van der Waals surface area (Å²) in [6.45, 7) is 4.52. The highest BCUT2D eigenvalue weighted by Gasteiger charge is 2.18. The highest BCUT2D eigenvalue weighted by molar-refractivity contribution is 5.92. The van der Waals surface area contributed by atoms with E-state index < -0.39 is 12.1 Å². The highest BCUT2D eigenvalue weighted by Crippen LogP contribution is 2.14. The maximum atomic E-state index is 12.2. The number of methoxy groups -OCH3 is 1. The first-order valence-electron chi connectivity index (χ1n) is 8.88. The molecule has 6 nitrogen and oxygen atoms in total. The van der Waals surface area contributed by atoms with Crippen LogP contribution in [-0.4, -0.2) is 31.7 Å². The number of esters is 1. The third kappa shape index (κ3) is 6.33. The number of benzene rings is 2. The van der Waals surface area contributed by atoms with Gasteiger partial charge >= 0.3 is 5.97 Å². The van der Waals surface area contributed by atoms with E-state index in [4.69, 9.17) is 14.2 Å². The van der Waals surface area contributed by atoms with Crippen LogP contribution < -0.4 is 14.8 Å². The monoisotopic (exact) mass is 371 g/mol. The Balaban J connectivity index is 1.82. The second kappa shape index (κ2) is 10.2. The van der Waals surface area contributed by atoms with Crippen LogP contribution in [0.15, 0.2) is 48.5 Å². The molecule has 0 fully saturated rings. The molecule has 0 spiro atoms. The standard InChI is InChI=1S/C21H25NO5/c1-4-13-26-19-11-7-17(8-12-19)21(24)27-15(2)20(23)22-14-16-5-9-18(25-3)10-6-16/h5-12,15H,4,13-14H2,1-3H3,(H,22,23)/t15-/m1/s1. The van der Waals surface area contributed by atoms with Crippen molar-refractivity contribution in [3.63, 3.8) is 0 Å². The predicted octanol–water partition coefficient (Wildman–Crippen LogP) is 3.35. The van der Waals surface area contributed by atoms with Crippen LogP contribution in [0.5, 0.6) is 11.5 Å². The Hall–Kier alpha value is -3.02. The number of hydrogen-bond acceptors (Lipinski definition) is 5. The number of ether oxygens (including phenoxy) is 3. The van der Waals surface area contributed by atoms with Crippen LogP contribution >= 0.6 is 0 Å². The van der Waals surface area contributed by atoms with E-state index in [0.29, 0.717) is 24.5 Å². The zero-order valence-electron chi connectivity index (χ0n) is 15.9. The Kier molecular flexibility index (Phi) is 7.67. The molecule has 0 saturated carbocycles. The van der Waals surface area contributed by atoms with Crippen LogP contribution in [0.3, 0.4) is 0 Å². The van der Waals surface area contributed by atoms with E-state index in [0.717, 1.165) is 17.7 Å². The second-order valence-corrected chi connectivity index (χ2v) is 5.99. The quantitative estimate of drug-likeness (QED) is 0.685. The maximum absolute atomic E-state index is 12.2. The van der Waals surface area contributed by atoms with Crippen molar-refractivity contribution in [2.24, 2.45) is 0 Å². The van der Waals surface area contributed by atoms with Crippen LogP contribution in [0.25, 0.3) is 0 Å². The molecule has 2 rings (SSSR count). The Bertz CT molecular complexity index is 740. The average molecular weight is 371 g/mol. The molecule has 0 unspecified atom stereocenters. The van der Waals surface area contributed by atoms with E-state index >= 15 is 0 Å². The van der Waals surface area contributed by atoms with Gasteiger partial charge in [0.05, 0.1) is 19.3 Å². The van der Waals surface area contributed by atoms with Gasteiger partial charge in [-0.15, -0.1) is 0 Å². The summed E-state index contributed by atoms with van der Waals surface area (Å²) in [4.78, 5) is 24.3. The first-order chi connectivity index (χ1) is 13.0. The lowest BCUT2D eigenvalue weighted by Crippen LogP contribution is -2.35. The predicted molar refractivity (Wildman–Crippen MR) is 102 cm³/mol. The SMILES string of the molecule is CCCOc1ccc(C(=O)O[C@H](C)C(=O)NCc2ccc(OC)cc2)cc1. The van der Waals surface area contributed by atoms with Gasteiger partial charge < -0.3 is 19.5 Å². The van der Waals surface area contributed by atoms with E-state index in [2.05, 4.69) is 5.32 Å². The maximum Gasteiger partial charge on any atom is 0.338 e. The molecule has 0 radical (unpaired) electrons. The van der Waals surface area contributed by atoms with Crippen molar-refractivity contribution in [3.8, 4) is 11.5 Å². The molecule has 1 N–H and O–H groups in total. The molecular weight excluding hydrogens is 346 g/mol. The zero-order chi connectivity index (χ0) is 19.6. The van der Waals surface area contributed by atoms with Crippen LogP contribution in [0.1, 0.15) is 36.2 Å². The minimum absolute atomic E-state index is 0.341. The molecule has 0 heterocycles. The fourth-order valence-electron chi connectivity index (χ4n) is 2.27. The summed E-state index contributed by atoms with van der Waals surface area (Å²) in [5.74, 6) is 0.531. The summed E-state index contributed by atoms with van der Waals surface area (Å²) < 4.78 is 15.8. The number of hydrogen-bond donors (Lipinski definition) is 1. The molecule has 1 amide bonds. The number of carbonyl (C=O) groups is 2. The van der Waals surface area contributed by atoms with Crippen molar-refractivity contribution < 1.29 is 23.8 Å². The van der Waals surface area contributed by atoms with Gasteiger partial charge in [0.1, 0.15) is 11.5 Å². The van der Waals surface area contributed by atoms with E-state index in [-0.39, 0.29) is 5.91 Å². The van der Waals surface area contributed by atoms with Crippen molar-refractivity contribution >= 4 is 11.9 Å². The van der Waals surface area contributed by atoms with Crippen molar-refractivity contribution in [1.82, 2.24) is 5.32 Å². The topological polar surface area (TPSA) is 73.9 Å². The summed E-state index contributed by atoms with van der Waals surface area (Å²) >= 11 is 0. The molecule has 0 saturated heterocycles. The summed E-state index contributed by atoms with van der Waals surface area (Å²) in [6.07, 6.45) is 0.0132. The third-order valence-electron chi connectivity index (χ3n) is 3.84. The highest BCUT2D eigenvalue weighted by atomic mass is 16.5. The normalized spacial score (nSPS) is 11.4. The van der Waals surface area contributed by atoms with Gasteiger partial charge in [0.15, 0.2) is 6.10 Å². The van der Waals surface area contributed by atoms with Crippen molar-refractivity contribution in [2.45, 2.75) is 32.9 Å². The van der Waals surface area contributed by atoms with Gasteiger partial charge in [-0.2, -0.15) is 0 Å². The Morgan fingerprint density at radius 1 is 1.00 bits per heavy atom. The molecule has 0 aliphatic rings. The molecule has 0 bridgehead atoms. The van der Waals surface area contributed by atoms with E-state index in [1.165, 1.54) is 0 Å². The van der Waals surface area contributed by atoms with Crippen molar-refractivity contribution in [3.05, 3.63) is 59.7 Å². The Morgan fingerprint density at radius 3 is 2.22 bits per heavy atom. The molecule has 0 aliphatic heterocycles. The minimum atomic E-state index is -0.897. The second-order valence-electron chi connectivity index (χ2n) is 5.99. The zero-order valence-corrected chi connectivity index (χ0v) is 15.9. The first-order valence-corrected chi connectivity index (χ1v) is 8.88. The molecule has 144 valence electrons. The lowest BCUT2D eigenvalue weighted by atomic mass is 10.2. The van der Waals surface area contributed by atoms with E-state index in [9.17, 15) is 9.59 Å². The lowest BCUT2D eigenvalue weighted by Gasteiger charge is -2.14. The smallest absolute Gasteiger partial charge is 0.338 e. The number of nitrogens with one attached hydrogen (secondary N) is 1. The summed E-state index contributed by atoms with van der Waals surface area (Å²) in [6, 6.07) is 14.0. The molecule has 0 aliphatic carbocycles. The van der Waals surface area contributed by atoms with E-state index in [1.54, 1.807) is 38.3 Å². The van der Waals surface area contributed by atoms with Crippen LogP contribution in [-0.2, 0) is 16.1 Å². The van der Waals surface area contributed by atoms with Gasteiger partial charge in [0.25, 0.3) is 5.91 Å². The Labute approximate surface area is 159 Å². The van der Waals surface area contributed by atoms with Crippen LogP contribution in [0, 0.1) is 0 Å². The van der Waals surface area contributed by atoms with Gasteiger partial charge in [-0.25, -0.2) is 4.79 Å². The minimum Gasteiger partial charge on any atom is -0.497 e. The first kappa shape index (κ1) is 20.3. The molecule has 0 aromatic heterocycles. The summed E-state index contributed by atoms with van der Waals surface area (Å²) in [7, 11) is 1.60. The van der Waals surface area contributed by atoms with Crippen molar-refractivity contribution in [1.29, 1.82) is 0 Å². The number of rotatable bonds is 9. The van der Waals surface area contributed by atoms with Gasteiger partial charge in [-0.3, -0.25) is 4.79 Å². The number of amides is 1. The van der Waals surface area contributed by atoms with Crippen molar-refractivity contribution in [2.75, 3.05) is 13.7 Å². The van der Waals surface area contributed by atoms with Crippen LogP contribution in [0.2, 0.25) is 0 Å².